The van der Waals surface area contributed by atoms with E-state index < -0.39 is 4.92 Å². The molecule has 0 unspecified atom stereocenters. The van der Waals surface area contributed by atoms with Gasteiger partial charge in [0.05, 0.1) is 18.2 Å². The van der Waals surface area contributed by atoms with Gasteiger partial charge in [-0.1, -0.05) is 12.1 Å². The summed E-state index contributed by atoms with van der Waals surface area (Å²) in [6, 6.07) is 11.6. The Kier molecular flexibility index (Phi) is 7.50. The molecule has 0 heterocycles. The van der Waals surface area contributed by atoms with Crippen molar-refractivity contribution in [3.8, 4) is 11.5 Å². The van der Waals surface area contributed by atoms with Gasteiger partial charge in [-0.05, 0) is 48.5 Å². The first kappa shape index (κ1) is 20.1. The molecule has 0 aliphatic heterocycles. The Bertz CT molecular complexity index is 842. The van der Waals surface area contributed by atoms with E-state index in [-0.39, 0.29) is 12.3 Å². The monoisotopic (exact) mass is 388 g/mol. The lowest BCUT2D eigenvalue weighted by Gasteiger charge is -2.11. The molecule has 2 rings (SSSR count). The molecule has 0 atom stereocenters. The zero-order chi connectivity index (χ0) is 19.6. The first-order valence-electron chi connectivity index (χ1n) is 8.14. The number of non-ortho nitro benzene ring substituents is 1. The average Bonchev–Trinajstić information content (AvgIpc) is 2.67. The molecule has 142 valence electrons. The number of nitrogens with zero attached hydrogens (tertiary/aromatic N) is 2. The van der Waals surface area contributed by atoms with Gasteiger partial charge in [0.1, 0.15) is 6.61 Å². The van der Waals surface area contributed by atoms with Crippen molar-refractivity contribution in [3.63, 3.8) is 0 Å². The molecule has 2 aromatic rings. The topological polar surface area (TPSA) is 98.0 Å². The highest BCUT2D eigenvalue weighted by Gasteiger charge is 2.09. The van der Waals surface area contributed by atoms with Gasteiger partial charge in [-0.25, -0.2) is 0 Å². The van der Waals surface area contributed by atoms with E-state index in [0.717, 1.165) is 5.56 Å². The Morgan fingerprint density at radius 1 is 1.30 bits per heavy atom. The third-order valence-corrected chi connectivity index (χ3v) is 3.66. The van der Waals surface area contributed by atoms with Crippen LogP contribution in [-0.2, 0) is 6.61 Å². The zero-order valence-corrected chi connectivity index (χ0v) is 15.8. The van der Waals surface area contributed by atoms with Crippen molar-refractivity contribution < 1.29 is 14.4 Å². The summed E-state index contributed by atoms with van der Waals surface area (Å²) in [6.45, 7) is 2.84. The summed E-state index contributed by atoms with van der Waals surface area (Å²) in [4.78, 5) is 10.4. The maximum atomic E-state index is 10.8. The molecule has 2 aromatic carbocycles. The highest BCUT2D eigenvalue weighted by Crippen LogP contribution is 2.28. The van der Waals surface area contributed by atoms with Crippen LogP contribution in [0.5, 0.6) is 11.5 Å². The van der Waals surface area contributed by atoms with Crippen molar-refractivity contribution >= 4 is 29.2 Å². The minimum Gasteiger partial charge on any atom is -0.493 e. The quantitative estimate of drug-likeness (QED) is 0.310. The van der Waals surface area contributed by atoms with Crippen molar-refractivity contribution in [2.75, 3.05) is 13.7 Å². The smallest absolute Gasteiger partial charge is 0.269 e. The SMILES string of the molecule is CCNC(=S)N/N=C\c1ccc(OCc2cccc([N+](=O)[O-])c2)c(OC)c1. The van der Waals surface area contributed by atoms with Crippen LogP contribution in [0.25, 0.3) is 0 Å². The summed E-state index contributed by atoms with van der Waals surface area (Å²) in [5.74, 6) is 1.05. The number of nitro benzene ring substituents is 1. The zero-order valence-electron chi connectivity index (χ0n) is 15.0. The highest BCUT2D eigenvalue weighted by atomic mass is 32.1. The lowest BCUT2D eigenvalue weighted by molar-refractivity contribution is -0.384. The number of nitrogens with one attached hydrogen (secondary N) is 2. The van der Waals surface area contributed by atoms with Crippen molar-refractivity contribution in [1.82, 2.24) is 10.7 Å². The fraction of sp³-hybridized carbons (Fsp3) is 0.222. The molecule has 0 saturated heterocycles. The lowest BCUT2D eigenvalue weighted by Crippen LogP contribution is -2.31. The van der Waals surface area contributed by atoms with E-state index in [4.69, 9.17) is 21.7 Å². The number of hydrogen-bond acceptors (Lipinski definition) is 6. The number of ether oxygens (including phenoxy) is 2. The molecule has 0 saturated carbocycles. The van der Waals surface area contributed by atoms with E-state index in [9.17, 15) is 10.1 Å². The minimum atomic E-state index is -0.437. The number of benzene rings is 2. The summed E-state index contributed by atoms with van der Waals surface area (Å²) in [7, 11) is 1.54. The molecule has 27 heavy (non-hydrogen) atoms. The molecular weight excluding hydrogens is 368 g/mol. The Hall–Kier alpha value is -3.20. The fourth-order valence-corrected chi connectivity index (χ4v) is 2.37. The van der Waals surface area contributed by atoms with Gasteiger partial charge in [0.15, 0.2) is 16.6 Å². The van der Waals surface area contributed by atoms with Gasteiger partial charge in [0.25, 0.3) is 5.69 Å². The second kappa shape index (κ2) is 10.1. The molecule has 9 heteroatoms. The number of methoxy groups -OCH3 is 1. The van der Waals surface area contributed by atoms with Crippen molar-refractivity contribution in [2.45, 2.75) is 13.5 Å². The van der Waals surface area contributed by atoms with Crippen LogP contribution in [0.15, 0.2) is 47.6 Å². The Labute approximate surface area is 162 Å². The molecular formula is C18H20N4O4S. The maximum absolute atomic E-state index is 10.8. The second-order valence-corrected chi connectivity index (χ2v) is 5.76. The van der Waals surface area contributed by atoms with Crippen LogP contribution in [-0.4, -0.2) is 29.9 Å². The molecule has 8 nitrogen and oxygen atoms in total. The second-order valence-electron chi connectivity index (χ2n) is 5.36. The highest BCUT2D eigenvalue weighted by molar-refractivity contribution is 7.80. The summed E-state index contributed by atoms with van der Waals surface area (Å²) in [6.07, 6.45) is 1.61. The fourth-order valence-electron chi connectivity index (χ4n) is 2.17. The largest absolute Gasteiger partial charge is 0.493 e. The van der Waals surface area contributed by atoms with E-state index in [2.05, 4.69) is 15.8 Å². The summed E-state index contributed by atoms with van der Waals surface area (Å²) >= 11 is 5.02. The maximum Gasteiger partial charge on any atom is 0.269 e. The van der Waals surface area contributed by atoms with E-state index in [0.29, 0.717) is 28.7 Å². The van der Waals surface area contributed by atoms with Gasteiger partial charge in [0, 0.05) is 18.7 Å². The lowest BCUT2D eigenvalue weighted by atomic mass is 10.2. The van der Waals surface area contributed by atoms with Crippen LogP contribution in [0.4, 0.5) is 5.69 Å². The first-order valence-corrected chi connectivity index (χ1v) is 8.55. The number of thiocarbonyl (C=S) groups is 1. The van der Waals surface area contributed by atoms with Crippen molar-refractivity contribution in [2.24, 2.45) is 5.10 Å². The molecule has 0 radical (unpaired) electrons. The van der Waals surface area contributed by atoms with Gasteiger partial charge >= 0.3 is 0 Å². The molecule has 0 spiro atoms. The standard InChI is InChI=1S/C18H20N4O4S/c1-3-19-18(27)21-20-11-13-7-8-16(17(10-13)25-2)26-12-14-5-4-6-15(9-14)22(23)24/h4-11H,3,12H2,1-2H3,(H2,19,21,27)/b20-11-. The molecule has 0 bridgehead atoms. The minimum absolute atomic E-state index is 0.0256. The molecule has 0 aliphatic rings. The first-order chi connectivity index (χ1) is 13.0. The third-order valence-electron chi connectivity index (χ3n) is 3.42. The van der Waals surface area contributed by atoms with Crippen LogP contribution in [0.1, 0.15) is 18.1 Å². The number of rotatable bonds is 8. The normalized spacial score (nSPS) is 10.4. The van der Waals surface area contributed by atoms with E-state index >= 15 is 0 Å². The van der Waals surface area contributed by atoms with Crippen molar-refractivity contribution in [3.05, 3.63) is 63.7 Å². The van der Waals surface area contributed by atoms with Gasteiger partial charge in [-0.2, -0.15) is 5.10 Å². The predicted molar refractivity (Wildman–Crippen MR) is 107 cm³/mol. The molecule has 0 amide bonds. The van der Waals surface area contributed by atoms with Crippen LogP contribution in [0.3, 0.4) is 0 Å². The van der Waals surface area contributed by atoms with Crippen molar-refractivity contribution in [1.29, 1.82) is 0 Å². The molecule has 0 aromatic heterocycles. The molecule has 0 fully saturated rings. The molecule has 2 N–H and O–H groups in total. The number of nitro groups is 1. The Morgan fingerprint density at radius 3 is 2.81 bits per heavy atom. The Morgan fingerprint density at radius 2 is 2.11 bits per heavy atom. The van der Waals surface area contributed by atoms with Gasteiger partial charge in [-0.3, -0.25) is 15.5 Å². The Balaban J connectivity index is 2.03. The van der Waals surface area contributed by atoms with E-state index in [1.807, 2.05) is 13.0 Å². The van der Waals surface area contributed by atoms with Gasteiger partial charge < -0.3 is 14.8 Å². The van der Waals surface area contributed by atoms with Crippen LogP contribution in [0.2, 0.25) is 0 Å². The summed E-state index contributed by atoms with van der Waals surface area (Å²) < 4.78 is 11.1. The van der Waals surface area contributed by atoms with E-state index in [1.54, 1.807) is 30.5 Å². The average molecular weight is 388 g/mol. The van der Waals surface area contributed by atoms with E-state index in [1.165, 1.54) is 19.2 Å². The number of hydrazone groups is 1. The van der Waals surface area contributed by atoms with Crippen LogP contribution >= 0.6 is 12.2 Å². The predicted octanol–water partition coefficient (Wildman–Crippen LogP) is 3.00. The van der Waals surface area contributed by atoms with Gasteiger partial charge in [-0.15, -0.1) is 0 Å². The third kappa shape index (κ3) is 6.23. The van der Waals surface area contributed by atoms with Crippen LogP contribution < -0.4 is 20.2 Å². The molecule has 0 aliphatic carbocycles. The number of hydrogen-bond donors (Lipinski definition) is 2. The van der Waals surface area contributed by atoms with Crippen LogP contribution in [0, 0.1) is 10.1 Å². The summed E-state index contributed by atoms with van der Waals surface area (Å²) in [5.41, 5.74) is 4.22. The van der Waals surface area contributed by atoms with Gasteiger partial charge in [0.2, 0.25) is 0 Å². The summed E-state index contributed by atoms with van der Waals surface area (Å²) in [5, 5.41) is 18.3.